The Bertz CT molecular complexity index is 418. The first-order valence-electron chi connectivity index (χ1n) is 5.94. The molecule has 2 aliphatic rings. The molecule has 3 rings (SSSR count). The van der Waals surface area contributed by atoms with Crippen molar-refractivity contribution in [1.82, 2.24) is 0 Å². The lowest BCUT2D eigenvalue weighted by Gasteiger charge is -2.32. The lowest BCUT2D eigenvalue weighted by Crippen LogP contribution is -2.43. The Morgan fingerprint density at radius 1 is 1.17 bits per heavy atom. The van der Waals surface area contributed by atoms with Gasteiger partial charge in [0.25, 0.3) is 5.92 Å². The van der Waals surface area contributed by atoms with Gasteiger partial charge in [0.1, 0.15) is 11.9 Å². The van der Waals surface area contributed by atoms with Crippen molar-refractivity contribution in [3.8, 4) is 5.75 Å². The lowest BCUT2D eigenvalue weighted by molar-refractivity contribution is 0.101. The van der Waals surface area contributed by atoms with Gasteiger partial charge in [-0.25, -0.2) is 8.78 Å². The van der Waals surface area contributed by atoms with Crippen molar-refractivity contribution in [3.63, 3.8) is 0 Å². The van der Waals surface area contributed by atoms with Crippen molar-refractivity contribution in [1.29, 1.82) is 0 Å². The summed E-state index contributed by atoms with van der Waals surface area (Å²) in [4.78, 5) is 0. The van der Waals surface area contributed by atoms with Gasteiger partial charge in [-0.15, -0.1) is 12.4 Å². The molecule has 1 aromatic rings. The van der Waals surface area contributed by atoms with Crippen LogP contribution < -0.4 is 10.5 Å². The van der Waals surface area contributed by atoms with Gasteiger partial charge in [-0.3, -0.25) is 0 Å². The molecular weight excluding hydrogens is 260 g/mol. The molecule has 2 nitrogen and oxygen atoms in total. The van der Waals surface area contributed by atoms with Gasteiger partial charge in [0.15, 0.2) is 0 Å². The molecule has 1 aromatic carbocycles. The maximum Gasteiger partial charge on any atom is 0.255 e. The first-order chi connectivity index (χ1) is 8.04. The quantitative estimate of drug-likeness (QED) is 0.920. The van der Waals surface area contributed by atoms with E-state index in [1.807, 2.05) is 0 Å². The molecule has 18 heavy (non-hydrogen) atoms. The van der Waals surface area contributed by atoms with Crippen LogP contribution in [0.1, 0.15) is 30.7 Å². The average Bonchev–Trinajstić information content (AvgIpc) is 2.87. The molecule has 1 unspecified atom stereocenters. The fraction of sp³-hybridized carbons (Fsp3) is 0.538. The molecule has 0 spiro atoms. The zero-order valence-corrected chi connectivity index (χ0v) is 10.6. The normalized spacial score (nSPS) is 32.1. The van der Waals surface area contributed by atoms with E-state index in [-0.39, 0.29) is 31.0 Å². The Morgan fingerprint density at radius 3 is 2.17 bits per heavy atom. The molecular formula is C13H16ClF2NO. The van der Waals surface area contributed by atoms with Crippen molar-refractivity contribution in [3.05, 3.63) is 29.8 Å². The number of ether oxygens (including phenoxy) is 1. The molecule has 0 aromatic heterocycles. The van der Waals surface area contributed by atoms with Crippen molar-refractivity contribution < 1.29 is 13.5 Å². The minimum atomic E-state index is -2.50. The summed E-state index contributed by atoms with van der Waals surface area (Å²) >= 11 is 0. The molecule has 5 heteroatoms. The molecule has 1 atom stereocenters. The summed E-state index contributed by atoms with van der Waals surface area (Å²) in [6.45, 7) is 0. The Kier molecular flexibility index (Phi) is 3.52. The van der Waals surface area contributed by atoms with Gasteiger partial charge < -0.3 is 10.5 Å². The first-order valence-corrected chi connectivity index (χ1v) is 5.94. The number of nitrogens with two attached hydrogens (primary N) is 1. The molecule has 0 radical (unpaired) electrons. The minimum absolute atomic E-state index is 0. The molecule has 2 saturated carbocycles. The van der Waals surface area contributed by atoms with Crippen LogP contribution in [0.15, 0.2) is 24.3 Å². The summed E-state index contributed by atoms with van der Waals surface area (Å²) in [6, 6.07) is 7.27. The summed E-state index contributed by atoms with van der Waals surface area (Å²) in [5.41, 5.74) is 6.36. The summed E-state index contributed by atoms with van der Waals surface area (Å²) in [5, 5.41) is 0. The van der Waals surface area contributed by atoms with E-state index in [1.54, 1.807) is 24.3 Å². The number of benzene rings is 1. The highest BCUT2D eigenvalue weighted by Crippen LogP contribution is 2.55. The van der Waals surface area contributed by atoms with E-state index in [2.05, 4.69) is 0 Å². The zero-order valence-electron chi connectivity index (χ0n) is 9.81. The molecule has 0 heterocycles. The van der Waals surface area contributed by atoms with Crippen LogP contribution in [-0.2, 0) is 0 Å². The second kappa shape index (κ2) is 4.67. The van der Waals surface area contributed by atoms with E-state index in [9.17, 15) is 8.78 Å². The fourth-order valence-electron chi connectivity index (χ4n) is 2.25. The van der Waals surface area contributed by atoms with Crippen LogP contribution in [0, 0.1) is 0 Å². The van der Waals surface area contributed by atoms with E-state index < -0.39 is 11.8 Å². The van der Waals surface area contributed by atoms with Crippen LogP contribution >= 0.6 is 12.4 Å². The number of alkyl halides is 2. The van der Waals surface area contributed by atoms with Crippen LogP contribution in [0.25, 0.3) is 0 Å². The van der Waals surface area contributed by atoms with E-state index >= 15 is 0 Å². The van der Waals surface area contributed by atoms with Gasteiger partial charge in [0.2, 0.25) is 0 Å². The summed E-state index contributed by atoms with van der Waals surface area (Å²) < 4.78 is 31.4. The molecule has 100 valence electrons. The van der Waals surface area contributed by atoms with Crippen molar-refractivity contribution in [2.24, 2.45) is 5.73 Å². The van der Waals surface area contributed by atoms with E-state index in [0.717, 1.165) is 18.6 Å². The molecule has 0 aliphatic heterocycles. The highest BCUT2D eigenvalue weighted by atomic mass is 35.5. The van der Waals surface area contributed by atoms with Crippen molar-refractivity contribution in [2.45, 2.75) is 43.2 Å². The van der Waals surface area contributed by atoms with Crippen molar-refractivity contribution in [2.75, 3.05) is 0 Å². The second-order valence-electron chi connectivity index (χ2n) is 5.06. The van der Waals surface area contributed by atoms with Gasteiger partial charge in [-0.2, -0.15) is 0 Å². The predicted molar refractivity (Wildman–Crippen MR) is 67.6 cm³/mol. The third kappa shape index (κ3) is 2.59. The highest BCUT2D eigenvalue weighted by molar-refractivity contribution is 5.85. The number of hydrogen-bond donors (Lipinski definition) is 1. The van der Waals surface area contributed by atoms with Crippen LogP contribution in [0.2, 0.25) is 0 Å². The predicted octanol–water partition coefficient (Wildman–Crippen LogP) is 3.10. The van der Waals surface area contributed by atoms with Gasteiger partial charge in [0, 0.05) is 12.5 Å². The second-order valence-corrected chi connectivity index (χ2v) is 5.06. The summed E-state index contributed by atoms with van der Waals surface area (Å²) in [7, 11) is 0. The number of rotatable bonds is 3. The third-order valence-electron chi connectivity index (χ3n) is 3.54. The van der Waals surface area contributed by atoms with Crippen LogP contribution in [0.5, 0.6) is 5.75 Å². The minimum Gasteiger partial charge on any atom is -0.490 e. The fourth-order valence-corrected chi connectivity index (χ4v) is 2.25. The highest BCUT2D eigenvalue weighted by Gasteiger charge is 2.57. The SMILES string of the molecule is Cl.NC1CC(Oc2ccc(C3CC3(F)F)cc2)C1. The zero-order chi connectivity index (χ0) is 12.0. The Labute approximate surface area is 111 Å². The van der Waals surface area contributed by atoms with Gasteiger partial charge in [0.05, 0.1) is 5.92 Å². The topological polar surface area (TPSA) is 35.2 Å². The number of hydrogen-bond acceptors (Lipinski definition) is 2. The van der Waals surface area contributed by atoms with Crippen LogP contribution in [0.3, 0.4) is 0 Å². The molecule has 0 amide bonds. The standard InChI is InChI=1S/C13H15F2NO.ClH/c14-13(15)7-12(13)8-1-3-10(4-2-8)17-11-5-9(16)6-11;/h1-4,9,11-12H,5-7,16H2;1H. The molecule has 2 N–H and O–H groups in total. The Hall–Kier alpha value is -0.870. The molecule has 2 aliphatic carbocycles. The molecule has 0 saturated heterocycles. The lowest BCUT2D eigenvalue weighted by atomic mass is 9.90. The number of halogens is 3. The maximum atomic E-state index is 12.9. The Morgan fingerprint density at radius 2 is 1.72 bits per heavy atom. The van der Waals surface area contributed by atoms with Gasteiger partial charge in [-0.05, 0) is 30.5 Å². The largest absolute Gasteiger partial charge is 0.490 e. The smallest absolute Gasteiger partial charge is 0.255 e. The summed E-state index contributed by atoms with van der Waals surface area (Å²) in [5.74, 6) is -2.34. The average molecular weight is 276 g/mol. The maximum absolute atomic E-state index is 12.9. The Balaban J connectivity index is 0.00000120. The molecule has 2 fully saturated rings. The van der Waals surface area contributed by atoms with E-state index in [4.69, 9.17) is 10.5 Å². The molecule has 0 bridgehead atoms. The van der Waals surface area contributed by atoms with E-state index in [0.29, 0.717) is 5.56 Å². The van der Waals surface area contributed by atoms with E-state index in [1.165, 1.54) is 0 Å². The van der Waals surface area contributed by atoms with Crippen LogP contribution in [-0.4, -0.2) is 18.1 Å². The van der Waals surface area contributed by atoms with Gasteiger partial charge >= 0.3 is 0 Å². The van der Waals surface area contributed by atoms with Crippen molar-refractivity contribution >= 4 is 12.4 Å². The monoisotopic (exact) mass is 275 g/mol. The summed E-state index contributed by atoms with van der Waals surface area (Å²) in [6.07, 6.45) is 1.92. The third-order valence-corrected chi connectivity index (χ3v) is 3.54. The van der Waals surface area contributed by atoms with Gasteiger partial charge in [-0.1, -0.05) is 12.1 Å². The first kappa shape index (κ1) is 13.6. The van der Waals surface area contributed by atoms with Crippen LogP contribution in [0.4, 0.5) is 8.78 Å².